The van der Waals surface area contributed by atoms with Gasteiger partial charge >= 0.3 is 0 Å². The Morgan fingerprint density at radius 3 is 3.00 bits per heavy atom. The largest absolute Gasteiger partial charge is 0.268 e. The molecule has 52 valence electrons. The number of nitriles is 1. The highest BCUT2D eigenvalue weighted by atomic mass is 32.2. The second kappa shape index (κ2) is 2.62. The van der Waals surface area contributed by atoms with Crippen molar-refractivity contribution in [2.24, 2.45) is 0 Å². The summed E-state index contributed by atoms with van der Waals surface area (Å²) in [5, 5.41) is 14.9. The monoisotopic (exact) mass is 155 g/mol. The van der Waals surface area contributed by atoms with Crippen LogP contribution in [0.15, 0.2) is 11.2 Å². The third-order valence-corrected chi connectivity index (χ3v) is 1.90. The van der Waals surface area contributed by atoms with Crippen molar-refractivity contribution in [1.29, 1.82) is 5.26 Å². The molecule has 1 aromatic heterocycles. The van der Waals surface area contributed by atoms with Gasteiger partial charge < -0.3 is 0 Å². The van der Waals surface area contributed by atoms with Crippen LogP contribution in [0.2, 0.25) is 0 Å². The summed E-state index contributed by atoms with van der Waals surface area (Å²) in [7, 11) is -1.15. The topological polar surface area (TPSA) is 69.5 Å². The fourth-order valence-electron chi connectivity index (χ4n) is 0.573. The maximum Gasteiger partial charge on any atom is 0.139 e. The van der Waals surface area contributed by atoms with Gasteiger partial charge in [-0.3, -0.25) is 9.31 Å². The van der Waals surface area contributed by atoms with Crippen LogP contribution in [0.4, 0.5) is 0 Å². The van der Waals surface area contributed by atoms with Crippen LogP contribution in [0.1, 0.15) is 5.56 Å². The molecule has 0 aromatic carbocycles. The molecule has 0 aliphatic carbocycles. The Morgan fingerprint density at radius 1 is 1.90 bits per heavy atom. The number of aromatic nitrogens is 2. The first-order valence-corrected chi connectivity index (χ1v) is 4.08. The molecule has 0 bridgehead atoms. The van der Waals surface area contributed by atoms with Crippen LogP contribution >= 0.6 is 0 Å². The number of rotatable bonds is 1. The Bertz CT molecular complexity index is 298. The van der Waals surface area contributed by atoms with Crippen molar-refractivity contribution < 1.29 is 4.21 Å². The zero-order chi connectivity index (χ0) is 7.56. The van der Waals surface area contributed by atoms with Gasteiger partial charge in [0.2, 0.25) is 0 Å². The van der Waals surface area contributed by atoms with Crippen molar-refractivity contribution in [2.75, 3.05) is 6.26 Å². The molecule has 0 aliphatic heterocycles. The van der Waals surface area contributed by atoms with E-state index in [-0.39, 0.29) is 0 Å². The van der Waals surface area contributed by atoms with E-state index < -0.39 is 10.8 Å². The first kappa shape index (κ1) is 6.96. The van der Waals surface area contributed by atoms with Gasteiger partial charge in [0.05, 0.1) is 17.0 Å². The average Bonchev–Trinajstić information content (AvgIpc) is 2.33. The van der Waals surface area contributed by atoms with Crippen LogP contribution in [0, 0.1) is 11.3 Å². The lowest BCUT2D eigenvalue weighted by molar-refractivity contribution is 0.683. The van der Waals surface area contributed by atoms with E-state index in [4.69, 9.17) is 5.26 Å². The Kier molecular flexibility index (Phi) is 1.83. The van der Waals surface area contributed by atoms with E-state index in [0.29, 0.717) is 10.6 Å². The van der Waals surface area contributed by atoms with E-state index in [1.165, 1.54) is 12.5 Å². The highest BCUT2D eigenvalue weighted by Crippen LogP contribution is 2.05. The molecule has 4 nitrogen and oxygen atoms in total. The summed E-state index contributed by atoms with van der Waals surface area (Å²) in [5.74, 6) is 0. The summed E-state index contributed by atoms with van der Waals surface area (Å²) in [6.45, 7) is 0. The normalized spacial score (nSPS) is 12.4. The molecule has 0 amide bonds. The SMILES string of the molecule is CS(=O)c1[nH]ncc1C#N. The van der Waals surface area contributed by atoms with Crippen LogP contribution in [-0.2, 0) is 10.8 Å². The van der Waals surface area contributed by atoms with Crippen LogP contribution in [0.25, 0.3) is 0 Å². The maximum atomic E-state index is 10.8. The van der Waals surface area contributed by atoms with E-state index in [1.807, 2.05) is 6.07 Å². The molecule has 5 heteroatoms. The predicted molar refractivity (Wildman–Crippen MR) is 35.6 cm³/mol. The van der Waals surface area contributed by atoms with Gasteiger partial charge in [-0.1, -0.05) is 0 Å². The van der Waals surface area contributed by atoms with E-state index >= 15 is 0 Å². The summed E-state index contributed by atoms with van der Waals surface area (Å²) in [5.41, 5.74) is 0.348. The minimum atomic E-state index is -1.15. The molecular formula is C5H5N3OS. The minimum Gasteiger partial charge on any atom is -0.268 e. The quantitative estimate of drug-likeness (QED) is 0.621. The molecule has 1 atom stereocenters. The molecule has 0 aliphatic rings. The average molecular weight is 155 g/mol. The number of nitrogens with one attached hydrogen (secondary N) is 1. The lowest BCUT2D eigenvalue weighted by Crippen LogP contribution is -1.89. The standard InChI is InChI=1S/C5H5N3OS/c1-10(9)5-4(2-6)3-7-8-5/h3H,1H3,(H,7,8). The molecule has 10 heavy (non-hydrogen) atoms. The number of hydrogen-bond acceptors (Lipinski definition) is 3. The highest BCUT2D eigenvalue weighted by molar-refractivity contribution is 7.84. The number of hydrogen-bond donors (Lipinski definition) is 1. The Labute approximate surface area is 60.3 Å². The number of H-pyrrole nitrogens is 1. The molecular weight excluding hydrogens is 150 g/mol. The molecule has 1 N–H and O–H groups in total. The zero-order valence-electron chi connectivity index (χ0n) is 5.29. The van der Waals surface area contributed by atoms with Crippen molar-refractivity contribution in [3.63, 3.8) is 0 Å². The van der Waals surface area contributed by atoms with E-state index in [2.05, 4.69) is 10.2 Å². The molecule has 0 radical (unpaired) electrons. The fraction of sp³-hybridized carbons (Fsp3) is 0.200. The molecule has 0 saturated carbocycles. The fourth-order valence-corrected chi connectivity index (χ4v) is 1.16. The van der Waals surface area contributed by atoms with Gasteiger partial charge in [-0.2, -0.15) is 10.4 Å². The summed E-state index contributed by atoms with van der Waals surface area (Å²) >= 11 is 0. The molecule has 1 aromatic rings. The molecule has 0 fully saturated rings. The third-order valence-electron chi connectivity index (χ3n) is 1.01. The van der Waals surface area contributed by atoms with Crippen LogP contribution < -0.4 is 0 Å². The van der Waals surface area contributed by atoms with Gasteiger partial charge in [0.15, 0.2) is 0 Å². The molecule has 0 spiro atoms. The summed E-state index contributed by atoms with van der Waals surface area (Å²) < 4.78 is 10.8. The van der Waals surface area contributed by atoms with Crippen LogP contribution in [0.3, 0.4) is 0 Å². The van der Waals surface area contributed by atoms with E-state index in [1.54, 1.807) is 0 Å². The lowest BCUT2D eigenvalue weighted by atomic mass is 10.4. The van der Waals surface area contributed by atoms with Crippen molar-refractivity contribution in [3.8, 4) is 6.07 Å². The molecule has 0 saturated heterocycles. The third kappa shape index (κ3) is 1.06. The van der Waals surface area contributed by atoms with Gasteiger partial charge in [0.1, 0.15) is 16.7 Å². The Balaban J connectivity index is 3.17. The maximum absolute atomic E-state index is 10.8. The van der Waals surface area contributed by atoms with Crippen molar-refractivity contribution in [3.05, 3.63) is 11.8 Å². The van der Waals surface area contributed by atoms with Gasteiger partial charge in [-0.05, 0) is 0 Å². The van der Waals surface area contributed by atoms with Gasteiger partial charge in [0.25, 0.3) is 0 Å². The van der Waals surface area contributed by atoms with E-state index in [9.17, 15) is 4.21 Å². The first-order valence-electron chi connectivity index (χ1n) is 2.52. The molecule has 1 heterocycles. The number of nitrogens with zero attached hydrogens (tertiary/aromatic N) is 2. The zero-order valence-corrected chi connectivity index (χ0v) is 6.10. The Morgan fingerprint density at radius 2 is 2.60 bits per heavy atom. The Hall–Kier alpha value is -1.15. The highest BCUT2D eigenvalue weighted by Gasteiger charge is 2.05. The minimum absolute atomic E-state index is 0.348. The van der Waals surface area contributed by atoms with Gasteiger partial charge in [-0.25, -0.2) is 0 Å². The summed E-state index contributed by atoms with van der Waals surface area (Å²) in [6, 6.07) is 1.87. The second-order valence-electron chi connectivity index (χ2n) is 1.68. The molecule has 1 rings (SSSR count). The van der Waals surface area contributed by atoms with Crippen LogP contribution in [0.5, 0.6) is 0 Å². The van der Waals surface area contributed by atoms with Gasteiger partial charge in [0, 0.05) is 6.26 Å². The number of aromatic amines is 1. The lowest BCUT2D eigenvalue weighted by Gasteiger charge is -1.86. The van der Waals surface area contributed by atoms with Gasteiger partial charge in [-0.15, -0.1) is 0 Å². The van der Waals surface area contributed by atoms with Crippen molar-refractivity contribution in [1.82, 2.24) is 10.2 Å². The first-order chi connectivity index (χ1) is 4.75. The summed E-state index contributed by atoms with van der Waals surface area (Å²) in [6.07, 6.45) is 2.85. The van der Waals surface area contributed by atoms with E-state index in [0.717, 1.165) is 0 Å². The molecule has 1 unspecified atom stereocenters. The summed E-state index contributed by atoms with van der Waals surface area (Å²) in [4.78, 5) is 0. The van der Waals surface area contributed by atoms with Crippen molar-refractivity contribution >= 4 is 10.8 Å². The smallest absolute Gasteiger partial charge is 0.139 e. The second-order valence-corrected chi connectivity index (χ2v) is 3.00. The predicted octanol–water partition coefficient (Wildman–Crippen LogP) is 0.0188. The van der Waals surface area contributed by atoms with Crippen LogP contribution in [-0.4, -0.2) is 20.7 Å². The van der Waals surface area contributed by atoms with Crippen molar-refractivity contribution in [2.45, 2.75) is 5.03 Å².